The van der Waals surface area contributed by atoms with Crippen molar-refractivity contribution in [3.05, 3.63) is 158 Å². The fourth-order valence-electron chi connectivity index (χ4n) is 8.13. The third-order valence-electron chi connectivity index (χ3n) is 12.8. The zero-order valence-electron chi connectivity index (χ0n) is 50.1. The number of allylic oxidation sites excluding steroid dienone is 26. The van der Waals surface area contributed by atoms with E-state index in [9.17, 15) is 14.4 Å². The van der Waals surface area contributed by atoms with Crippen molar-refractivity contribution < 1.29 is 28.6 Å². The van der Waals surface area contributed by atoms with Gasteiger partial charge in [-0.15, -0.1) is 0 Å². The highest BCUT2D eigenvalue weighted by atomic mass is 16.6. The third-order valence-corrected chi connectivity index (χ3v) is 12.8. The summed E-state index contributed by atoms with van der Waals surface area (Å²) in [5.41, 5.74) is 0. The summed E-state index contributed by atoms with van der Waals surface area (Å²) in [5.74, 6) is -0.971. The topological polar surface area (TPSA) is 78.9 Å². The highest BCUT2D eigenvalue weighted by Crippen LogP contribution is 2.14. The molecule has 0 N–H and O–H groups in total. The standard InChI is InChI=1S/C72H114O6/c1-4-7-10-13-16-19-22-25-27-28-29-30-31-32-33-34-35-36-37-38-39-40-41-42-43-44-46-47-50-53-56-59-62-65-71(74)77-68-69(67-76-70(73)64-61-58-55-52-49-24-21-18-15-12-9-6-3)78-72(75)66-63-60-57-54-51-48-45-26-23-20-17-14-11-8-5-2/h7-8,10-11,16-17,19-20,25-27,29-30,32-33,35-36,38-39,41-42,44-46,51,54,69H,4-6,9,12-15,18,21-24,28,31,34,37,40,43,47-50,52-53,55-68H2,1-3H3/b10-7-,11-8-,19-16-,20-17-,27-25-,30-29-,33-32-,36-35-,39-38-,42-41-,45-26-,46-44-,54-51-. The van der Waals surface area contributed by atoms with Crippen LogP contribution in [0.4, 0.5) is 0 Å². The largest absolute Gasteiger partial charge is 0.462 e. The molecular weight excluding hydrogens is 961 g/mol. The molecule has 0 spiro atoms. The quantitative estimate of drug-likeness (QED) is 0.0261. The fourth-order valence-corrected chi connectivity index (χ4v) is 8.13. The lowest BCUT2D eigenvalue weighted by molar-refractivity contribution is -0.167. The van der Waals surface area contributed by atoms with E-state index in [4.69, 9.17) is 14.2 Å². The molecule has 0 aliphatic rings. The molecule has 1 unspecified atom stereocenters. The first kappa shape index (κ1) is 73.0. The molecule has 0 saturated heterocycles. The van der Waals surface area contributed by atoms with Crippen LogP contribution in [0.3, 0.4) is 0 Å². The minimum absolute atomic E-state index is 0.105. The monoisotopic (exact) mass is 1070 g/mol. The molecule has 0 aliphatic heterocycles. The van der Waals surface area contributed by atoms with Crippen LogP contribution in [0.5, 0.6) is 0 Å². The van der Waals surface area contributed by atoms with Gasteiger partial charge in [0.15, 0.2) is 6.10 Å². The van der Waals surface area contributed by atoms with Crippen molar-refractivity contribution in [2.45, 2.75) is 264 Å². The van der Waals surface area contributed by atoms with Crippen molar-refractivity contribution in [3.63, 3.8) is 0 Å². The van der Waals surface area contributed by atoms with Crippen LogP contribution in [0.25, 0.3) is 0 Å². The van der Waals surface area contributed by atoms with E-state index < -0.39 is 6.10 Å². The maximum atomic E-state index is 12.8. The van der Waals surface area contributed by atoms with Gasteiger partial charge in [0.05, 0.1) is 0 Å². The summed E-state index contributed by atoms with van der Waals surface area (Å²) >= 11 is 0. The molecule has 0 bridgehead atoms. The second-order valence-electron chi connectivity index (χ2n) is 20.2. The van der Waals surface area contributed by atoms with Crippen molar-refractivity contribution in [2.75, 3.05) is 13.2 Å². The SMILES string of the molecule is CC/C=C\C/C=C\C/C=C\C/C=C\C/C=C\C/C=C\C/C=C\C/C=C\C/C=C\CCCCCCCC(=O)OCC(COC(=O)CCCCCCCCCCCCCC)OC(=O)CCCC/C=C\C/C=C\C/C=C\C/C=C\CC. The fraction of sp³-hybridized carbons (Fsp3) is 0.597. The lowest BCUT2D eigenvalue weighted by Gasteiger charge is -2.18. The summed E-state index contributed by atoms with van der Waals surface area (Å²) in [6.07, 6.45) is 94.0. The summed E-state index contributed by atoms with van der Waals surface area (Å²) in [6.45, 7) is 6.35. The molecule has 0 aliphatic carbocycles. The summed E-state index contributed by atoms with van der Waals surface area (Å²) in [4.78, 5) is 38.2. The van der Waals surface area contributed by atoms with E-state index in [-0.39, 0.29) is 37.5 Å². The Morgan fingerprint density at radius 3 is 0.808 bits per heavy atom. The summed E-state index contributed by atoms with van der Waals surface area (Å²) in [6, 6.07) is 0. The van der Waals surface area contributed by atoms with Crippen molar-refractivity contribution in [1.29, 1.82) is 0 Å². The zero-order chi connectivity index (χ0) is 56.4. The van der Waals surface area contributed by atoms with Crippen LogP contribution < -0.4 is 0 Å². The van der Waals surface area contributed by atoms with E-state index in [2.05, 4.69) is 179 Å². The van der Waals surface area contributed by atoms with E-state index >= 15 is 0 Å². The Balaban J connectivity index is 4.35. The van der Waals surface area contributed by atoms with Crippen LogP contribution >= 0.6 is 0 Å². The Morgan fingerprint density at radius 2 is 0.500 bits per heavy atom. The summed E-state index contributed by atoms with van der Waals surface area (Å²) in [5, 5.41) is 0. The molecular formula is C72H114O6. The zero-order valence-corrected chi connectivity index (χ0v) is 50.1. The molecule has 0 rings (SSSR count). The van der Waals surface area contributed by atoms with Crippen LogP contribution in [0.1, 0.15) is 258 Å². The lowest BCUT2D eigenvalue weighted by atomic mass is 10.0. The Morgan fingerprint density at radius 1 is 0.269 bits per heavy atom. The predicted molar refractivity (Wildman–Crippen MR) is 338 cm³/mol. The van der Waals surface area contributed by atoms with E-state index in [0.717, 1.165) is 154 Å². The molecule has 0 aromatic carbocycles. The van der Waals surface area contributed by atoms with Gasteiger partial charge in [-0.3, -0.25) is 14.4 Å². The smallest absolute Gasteiger partial charge is 0.306 e. The Kier molecular flexibility index (Phi) is 60.4. The van der Waals surface area contributed by atoms with E-state index in [0.29, 0.717) is 19.3 Å². The average molecular weight is 1080 g/mol. The Bertz CT molecular complexity index is 1760. The van der Waals surface area contributed by atoms with Gasteiger partial charge >= 0.3 is 17.9 Å². The van der Waals surface area contributed by atoms with Gasteiger partial charge < -0.3 is 14.2 Å². The van der Waals surface area contributed by atoms with Crippen LogP contribution in [0.15, 0.2) is 158 Å². The first-order valence-electron chi connectivity index (χ1n) is 31.5. The summed E-state index contributed by atoms with van der Waals surface area (Å²) < 4.78 is 16.8. The number of ether oxygens (including phenoxy) is 3. The van der Waals surface area contributed by atoms with Crippen molar-refractivity contribution >= 4 is 17.9 Å². The maximum Gasteiger partial charge on any atom is 0.306 e. The minimum Gasteiger partial charge on any atom is -0.462 e. The van der Waals surface area contributed by atoms with Crippen LogP contribution in [-0.4, -0.2) is 37.2 Å². The lowest BCUT2D eigenvalue weighted by Crippen LogP contribution is -2.30. The number of carbonyl (C=O) groups is 3. The normalized spacial score (nSPS) is 13.2. The van der Waals surface area contributed by atoms with Gasteiger partial charge in [-0.1, -0.05) is 269 Å². The molecule has 0 fully saturated rings. The van der Waals surface area contributed by atoms with Crippen molar-refractivity contribution in [2.24, 2.45) is 0 Å². The number of hydrogen-bond acceptors (Lipinski definition) is 6. The highest BCUT2D eigenvalue weighted by molar-refractivity contribution is 5.71. The second kappa shape index (κ2) is 64.6. The van der Waals surface area contributed by atoms with Gasteiger partial charge in [0.25, 0.3) is 0 Å². The molecule has 0 saturated carbocycles. The molecule has 0 heterocycles. The maximum absolute atomic E-state index is 12.8. The molecule has 0 radical (unpaired) electrons. The molecule has 0 aromatic rings. The van der Waals surface area contributed by atoms with E-state index in [1.165, 1.54) is 57.8 Å². The van der Waals surface area contributed by atoms with E-state index in [1.54, 1.807) is 0 Å². The number of hydrogen-bond donors (Lipinski definition) is 0. The van der Waals surface area contributed by atoms with Gasteiger partial charge in [-0.25, -0.2) is 0 Å². The van der Waals surface area contributed by atoms with Gasteiger partial charge in [0.2, 0.25) is 0 Å². The Labute approximate surface area is 480 Å². The predicted octanol–water partition coefficient (Wildman–Crippen LogP) is 21.7. The molecule has 438 valence electrons. The number of unbranched alkanes of at least 4 members (excludes halogenated alkanes) is 18. The number of rotatable bonds is 55. The molecule has 6 heteroatoms. The molecule has 0 aromatic heterocycles. The average Bonchev–Trinajstić information content (AvgIpc) is 3.44. The Hall–Kier alpha value is -4.97. The third kappa shape index (κ3) is 61.9. The van der Waals surface area contributed by atoms with Gasteiger partial charge in [0, 0.05) is 19.3 Å². The van der Waals surface area contributed by atoms with Crippen LogP contribution in [0, 0.1) is 0 Å². The van der Waals surface area contributed by atoms with Crippen molar-refractivity contribution in [3.8, 4) is 0 Å². The molecule has 6 nitrogen and oxygen atoms in total. The van der Waals surface area contributed by atoms with Crippen LogP contribution in [-0.2, 0) is 28.6 Å². The highest BCUT2D eigenvalue weighted by Gasteiger charge is 2.19. The molecule has 78 heavy (non-hydrogen) atoms. The molecule has 0 amide bonds. The first-order valence-corrected chi connectivity index (χ1v) is 31.5. The van der Waals surface area contributed by atoms with Gasteiger partial charge in [-0.05, 0) is 128 Å². The van der Waals surface area contributed by atoms with E-state index in [1.807, 2.05) is 0 Å². The minimum atomic E-state index is -0.813. The summed E-state index contributed by atoms with van der Waals surface area (Å²) in [7, 11) is 0. The number of carbonyl (C=O) groups excluding carboxylic acids is 3. The second-order valence-corrected chi connectivity index (χ2v) is 20.2. The van der Waals surface area contributed by atoms with Gasteiger partial charge in [0.1, 0.15) is 13.2 Å². The first-order chi connectivity index (χ1) is 38.5. The molecule has 1 atom stereocenters. The van der Waals surface area contributed by atoms with Gasteiger partial charge in [-0.2, -0.15) is 0 Å². The van der Waals surface area contributed by atoms with Crippen LogP contribution in [0.2, 0.25) is 0 Å². The van der Waals surface area contributed by atoms with Crippen molar-refractivity contribution in [1.82, 2.24) is 0 Å². The number of esters is 3.